The third kappa shape index (κ3) is 3.81. The van der Waals surface area contributed by atoms with Gasteiger partial charge in [-0.3, -0.25) is 0 Å². The van der Waals surface area contributed by atoms with Crippen LogP contribution in [0.5, 0.6) is 5.75 Å². The number of benzene rings is 2. The smallest absolute Gasteiger partial charge is 0.323 e. The van der Waals surface area contributed by atoms with Crippen molar-refractivity contribution >= 4 is 28.3 Å². The van der Waals surface area contributed by atoms with Gasteiger partial charge in [-0.2, -0.15) is 0 Å². The first-order valence-corrected chi connectivity index (χ1v) is 8.42. The zero-order chi connectivity index (χ0) is 18.5. The van der Waals surface area contributed by atoms with E-state index < -0.39 is 0 Å². The van der Waals surface area contributed by atoms with Gasteiger partial charge in [0.1, 0.15) is 5.75 Å². The van der Waals surface area contributed by atoms with Crippen molar-refractivity contribution in [1.29, 1.82) is 0 Å². The molecule has 0 unspecified atom stereocenters. The number of amides is 2. The number of aromatic nitrogens is 1. The lowest BCUT2D eigenvalue weighted by atomic mass is 10.2. The molecule has 0 fully saturated rings. The van der Waals surface area contributed by atoms with Crippen LogP contribution in [0.4, 0.5) is 16.2 Å². The van der Waals surface area contributed by atoms with Crippen LogP contribution in [0, 0.1) is 6.92 Å². The topological polar surface area (TPSA) is 64.5 Å². The van der Waals surface area contributed by atoms with E-state index in [-0.39, 0.29) is 6.03 Å². The maximum absolute atomic E-state index is 12.5. The molecule has 6 nitrogen and oxygen atoms in total. The number of methoxy groups -OCH3 is 2. The van der Waals surface area contributed by atoms with Crippen LogP contribution in [0.15, 0.2) is 48.7 Å². The molecular weight excluding hydrogens is 330 g/mol. The highest BCUT2D eigenvalue weighted by Crippen LogP contribution is 2.28. The van der Waals surface area contributed by atoms with Crippen LogP contribution in [0.3, 0.4) is 0 Å². The number of urea groups is 1. The number of hydrogen-bond acceptors (Lipinski definition) is 3. The fourth-order valence-corrected chi connectivity index (χ4v) is 2.92. The van der Waals surface area contributed by atoms with Crippen LogP contribution in [0.1, 0.15) is 5.56 Å². The largest absolute Gasteiger partial charge is 0.495 e. The Bertz CT molecular complexity index is 918. The molecule has 0 atom stereocenters. The van der Waals surface area contributed by atoms with E-state index in [2.05, 4.69) is 15.2 Å². The van der Waals surface area contributed by atoms with E-state index in [1.807, 2.05) is 55.6 Å². The molecule has 0 saturated carbocycles. The van der Waals surface area contributed by atoms with Crippen molar-refractivity contribution in [3.05, 3.63) is 54.2 Å². The summed E-state index contributed by atoms with van der Waals surface area (Å²) in [5, 5.41) is 6.77. The summed E-state index contributed by atoms with van der Waals surface area (Å²) in [7, 11) is 3.25. The van der Waals surface area contributed by atoms with E-state index in [4.69, 9.17) is 9.47 Å². The standard InChI is InChI=1S/C20H23N3O3/c1-14-8-9-19(26-3)16(12-14)21-20(24)22-17-13-23(10-11-25-2)18-7-5-4-6-15(17)18/h4-9,12-13H,10-11H2,1-3H3,(H2,21,22,24). The monoisotopic (exact) mass is 353 g/mol. The number of para-hydroxylation sites is 1. The van der Waals surface area contributed by atoms with Crippen LogP contribution in [-0.2, 0) is 11.3 Å². The molecule has 1 heterocycles. The number of carbonyl (C=O) groups is 1. The third-order valence-electron chi connectivity index (χ3n) is 4.18. The Labute approximate surface area is 152 Å². The van der Waals surface area contributed by atoms with E-state index in [1.54, 1.807) is 14.2 Å². The first-order chi connectivity index (χ1) is 12.6. The Balaban J connectivity index is 1.82. The molecule has 0 aliphatic heterocycles. The molecule has 136 valence electrons. The maximum Gasteiger partial charge on any atom is 0.323 e. The van der Waals surface area contributed by atoms with E-state index in [9.17, 15) is 4.79 Å². The van der Waals surface area contributed by atoms with Gasteiger partial charge in [-0.25, -0.2) is 4.79 Å². The molecule has 2 N–H and O–H groups in total. The molecule has 0 radical (unpaired) electrons. The highest BCUT2D eigenvalue weighted by molar-refractivity contribution is 6.06. The van der Waals surface area contributed by atoms with E-state index in [0.717, 1.165) is 22.2 Å². The highest BCUT2D eigenvalue weighted by Gasteiger charge is 2.12. The van der Waals surface area contributed by atoms with Crippen molar-refractivity contribution in [2.24, 2.45) is 0 Å². The fraction of sp³-hybridized carbons (Fsp3) is 0.250. The minimum atomic E-state index is -0.316. The molecule has 0 spiro atoms. The molecule has 0 aliphatic rings. The summed E-state index contributed by atoms with van der Waals surface area (Å²) in [6.45, 7) is 3.28. The summed E-state index contributed by atoms with van der Waals surface area (Å²) in [6, 6.07) is 13.3. The summed E-state index contributed by atoms with van der Waals surface area (Å²) >= 11 is 0. The molecule has 0 bridgehead atoms. The van der Waals surface area contributed by atoms with Crippen molar-refractivity contribution in [3.63, 3.8) is 0 Å². The Morgan fingerprint density at radius 1 is 1.08 bits per heavy atom. The number of carbonyl (C=O) groups excluding carboxylic acids is 1. The van der Waals surface area contributed by atoms with Gasteiger partial charge in [-0.05, 0) is 30.7 Å². The third-order valence-corrected chi connectivity index (χ3v) is 4.18. The van der Waals surface area contributed by atoms with Gasteiger partial charge >= 0.3 is 6.03 Å². The lowest BCUT2D eigenvalue weighted by molar-refractivity contribution is 0.188. The summed E-state index contributed by atoms with van der Waals surface area (Å²) in [4.78, 5) is 12.5. The first-order valence-electron chi connectivity index (χ1n) is 8.42. The number of nitrogens with zero attached hydrogens (tertiary/aromatic N) is 1. The van der Waals surface area contributed by atoms with Gasteiger partial charge in [0.15, 0.2) is 0 Å². The van der Waals surface area contributed by atoms with Crippen LogP contribution >= 0.6 is 0 Å². The molecule has 1 aromatic heterocycles. The second kappa shape index (κ2) is 7.93. The average molecular weight is 353 g/mol. The zero-order valence-corrected chi connectivity index (χ0v) is 15.2. The summed E-state index contributed by atoms with van der Waals surface area (Å²) < 4.78 is 12.5. The number of nitrogens with one attached hydrogen (secondary N) is 2. The van der Waals surface area contributed by atoms with Gasteiger partial charge in [0, 0.05) is 25.2 Å². The van der Waals surface area contributed by atoms with Gasteiger partial charge in [0.2, 0.25) is 0 Å². The lowest BCUT2D eigenvalue weighted by Gasteiger charge is -2.11. The van der Waals surface area contributed by atoms with E-state index >= 15 is 0 Å². The lowest BCUT2D eigenvalue weighted by Crippen LogP contribution is -2.19. The van der Waals surface area contributed by atoms with Crippen molar-refractivity contribution in [1.82, 2.24) is 4.57 Å². The Morgan fingerprint density at radius 3 is 2.62 bits per heavy atom. The summed E-state index contributed by atoms with van der Waals surface area (Å²) in [6.07, 6.45) is 1.93. The SMILES string of the molecule is COCCn1cc(NC(=O)Nc2cc(C)ccc2OC)c2ccccc21. The Kier molecular flexibility index (Phi) is 5.43. The van der Waals surface area contributed by atoms with Crippen molar-refractivity contribution < 1.29 is 14.3 Å². The molecule has 3 aromatic rings. The Hall–Kier alpha value is -2.99. The molecular formula is C20H23N3O3. The number of hydrogen-bond donors (Lipinski definition) is 2. The van der Waals surface area contributed by atoms with Crippen LogP contribution in [0.25, 0.3) is 10.9 Å². The molecule has 6 heteroatoms. The van der Waals surface area contributed by atoms with Gasteiger partial charge in [-0.15, -0.1) is 0 Å². The average Bonchev–Trinajstić information content (AvgIpc) is 2.98. The van der Waals surface area contributed by atoms with Gasteiger partial charge in [0.25, 0.3) is 0 Å². The highest BCUT2D eigenvalue weighted by atomic mass is 16.5. The fourth-order valence-electron chi connectivity index (χ4n) is 2.92. The van der Waals surface area contributed by atoms with Crippen molar-refractivity contribution in [2.45, 2.75) is 13.5 Å². The van der Waals surface area contributed by atoms with Gasteiger partial charge < -0.3 is 24.7 Å². The summed E-state index contributed by atoms with van der Waals surface area (Å²) in [5.41, 5.74) is 3.47. The number of fused-ring (bicyclic) bond motifs is 1. The predicted molar refractivity (Wildman–Crippen MR) is 104 cm³/mol. The molecule has 3 rings (SSSR count). The van der Waals surface area contributed by atoms with Crippen molar-refractivity contribution in [2.75, 3.05) is 31.5 Å². The van der Waals surface area contributed by atoms with E-state index in [0.29, 0.717) is 24.6 Å². The summed E-state index contributed by atoms with van der Waals surface area (Å²) in [5.74, 6) is 0.619. The number of anilines is 2. The minimum absolute atomic E-state index is 0.316. The zero-order valence-electron chi connectivity index (χ0n) is 15.2. The van der Waals surface area contributed by atoms with Crippen LogP contribution in [0.2, 0.25) is 0 Å². The molecule has 0 saturated heterocycles. The second-order valence-corrected chi connectivity index (χ2v) is 6.03. The van der Waals surface area contributed by atoms with Gasteiger partial charge in [0.05, 0.1) is 30.6 Å². The van der Waals surface area contributed by atoms with Gasteiger partial charge in [-0.1, -0.05) is 24.3 Å². The predicted octanol–water partition coefficient (Wildman–Crippen LogP) is 4.25. The van der Waals surface area contributed by atoms with Crippen LogP contribution in [-0.4, -0.2) is 31.4 Å². The quantitative estimate of drug-likeness (QED) is 0.696. The van der Waals surface area contributed by atoms with E-state index in [1.165, 1.54) is 0 Å². The second-order valence-electron chi connectivity index (χ2n) is 6.03. The Morgan fingerprint density at radius 2 is 1.85 bits per heavy atom. The molecule has 2 aromatic carbocycles. The van der Waals surface area contributed by atoms with Crippen molar-refractivity contribution in [3.8, 4) is 5.75 Å². The molecule has 0 aliphatic carbocycles. The minimum Gasteiger partial charge on any atom is -0.495 e. The normalized spacial score (nSPS) is 10.7. The number of aryl methyl sites for hydroxylation is 1. The number of rotatable bonds is 6. The molecule has 26 heavy (non-hydrogen) atoms. The maximum atomic E-state index is 12.5. The first kappa shape index (κ1) is 17.8. The number of ether oxygens (including phenoxy) is 2. The van der Waals surface area contributed by atoms with Crippen LogP contribution < -0.4 is 15.4 Å². The molecule has 2 amide bonds.